The Morgan fingerprint density at radius 2 is 2.05 bits per heavy atom. The molecule has 0 saturated heterocycles. The van der Waals surface area contributed by atoms with Crippen molar-refractivity contribution in [1.82, 2.24) is 4.98 Å². The van der Waals surface area contributed by atoms with Crippen LogP contribution in [0.15, 0.2) is 40.9 Å². The standard InChI is InChI=1S/C17H19N3O/c1-10-9-14(12(3)21-10)11(2)20-16-7-6-15-13(17(16)18)5-4-8-19-15/h4-9,11,20H,18H2,1-3H3. The molecule has 21 heavy (non-hydrogen) atoms. The molecule has 1 atom stereocenters. The quantitative estimate of drug-likeness (QED) is 0.706. The smallest absolute Gasteiger partial charge is 0.106 e. The highest BCUT2D eigenvalue weighted by Gasteiger charge is 2.14. The largest absolute Gasteiger partial charge is 0.466 e. The van der Waals surface area contributed by atoms with Crippen molar-refractivity contribution in [2.45, 2.75) is 26.8 Å². The van der Waals surface area contributed by atoms with Gasteiger partial charge in [0.25, 0.3) is 0 Å². The summed E-state index contributed by atoms with van der Waals surface area (Å²) in [4.78, 5) is 4.32. The average Bonchev–Trinajstić information content (AvgIpc) is 2.81. The van der Waals surface area contributed by atoms with Crippen LogP contribution in [0.5, 0.6) is 0 Å². The van der Waals surface area contributed by atoms with E-state index in [0.717, 1.165) is 39.4 Å². The van der Waals surface area contributed by atoms with E-state index in [1.807, 2.05) is 38.1 Å². The van der Waals surface area contributed by atoms with Crippen LogP contribution in [-0.4, -0.2) is 4.98 Å². The van der Waals surface area contributed by atoms with Gasteiger partial charge in [0.05, 0.1) is 22.9 Å². The first kappa shape index (κ1) is 13.5. The first-order valence-corrected chi connectivity index (χ1v) is 7.03. The van der Waals surface area contributed by atoms with Gasteiger partial charge in [-0.1, -0.05) is 0 Å². The van der Waals surface area contributed by atoms with Gasteiger partial charge in [0.15, 0.2) is 0 Å². The summed E-state index contributed by atoms with van der Waals surface area (Å²) < 4.78 is 5.59. The molecule has 1 unspecified atom stereocenters. The van der Waals surface area contributed by atoms with Crippen molar-refractivity contribution in [1.29, 1.82) is 0 Å². The van der Waals surface area contributed by atoms with E-state index in [9.17, 15) is 0 Å². The molecule has 0 aliphatic rings. The zero-order valence-corrected chi connectivity index (χ0v) is 12.5. The molecule has 4 heteroatoms. The highest BCUT2D eigenvalue weighted by Crippen LogP contribution is 2.31. The summed E-state index contributed by atoms with van der Waals surface area (Å²) in [6.07, 6.45) is 1.77. The van der Waals surface area contributed by atoms with Crippen molar-refractivity contribution in [2.75, 3.05) is 11.1 Å². The Bertz CT molecular complexity index is 792. The average molecular weight is 281 g/mol. The van der Waals surface area contributed by atoms with Crippen LogP contribution in [-0.2, 0) is 0 Å². The first-order valence-electron chi connectivity index (χ1n) is 7.03. The maximum Gasteiger partial charge on any atom is 0.106 e. The molecule has 0 aliphatic carbocycles. The number of fused-ring (bicyclic) bond motifs is 1. The van der Waals surface area contributed by atoms with Crippen LogP contribution in [0.4, 0.5) is 11.4 Å². The number of nitrogen functional groups attached to an aromatic ring is 1. The predicted octanol–water partition coefficient (Wildman–Crippen LogP) is 4.20. The van der Waals surface area contributed by atoms with Crippen LogP contribution in [0.1, 0.15) is 30.0 Å². The topological polar surface area (TPSA) is 64.1 Å². The highest BCUT2D eigenvalue weighted by molar-refractivity contribution is 5.96. The van der Waals surface area contributed by atoms with Gasteiger partial charge in [-0.15, -0.1) is 0 Å². The van der Waals surface area contributed by atoms with Crippen molar-refractivity contribution >= 4 is 22.3 Å². The summed E-state index contributed by atoms with van der Waals surface area (Å²) in [7, 11) is 0. The number of aryl methyl sites for hydroxylation is 2. The molecule has 108 valence electrons. The van der Waals surface area contributed by atoms with Crippen LogP contribution in [0.2, 0.25) is 0 Å². The van der Waals surface area contributed by atoms with E-state index in [-0.39, 0.29) is 6.04 Å². The summed E-state index contributed by atoms with van der Waals surface area (Å²) in [5.41, 5.74) is 9.96. The lowest BCUT2D eigenvalue weighted by Crippen LogP contribution is -2.09. The molecular formula is C17H19N3O. The fourth-order valence-electron chi connectivity index (χ4n) is 2.69. The summed E-state index contributed by atoms with van der Waals surface area (Å²) in [6, 6.07) is 10.0. The number of hydrogen-bond acceptors (Lipinski definition) is 4. The second kappa shape index (κ2) is 5.13. The Morgan fingerprint density at radius 1 is 1.24 bits per heavy atom. The van der Waals surface area contributed by atoms with Gasteiger partial charge in [-0.2, -0.15) is 0 Å². The Hall–Kier alpha value is -2.49. The van der Waals surface area contributed by atoms with Crippen LogP contribution >= 0.6 is 0 Å². The lowest BCUT2D eigenvalue weighted by atomic mass is 10.1. The Morgan fingerprint density at radius 3 is 2.76 bits per heavy atom. The van der Waals surface area contributed by atoms with E-state index in [2.05, 4.69) is 23.3 Å². The number of nitrogens with one attached hydrogen (secondary N) is 1. The lowest BCUT2D eigenvalue weighted by molar-refractivity contribution is 0.500. The molecule has 0 amide bonds. The summed E-state index contributed by atoms with van der Waals surface area (Å²) >= 11 is 0. The van der Waals surface area contributed by atoms with Gasteiger partial charge in [-0.25, -0.2) is 0 Å². The SMILES string of the molecule is Cc1cc(C(C)Nc2ccc3ncccc3c2N)c(C)o1. The van der Waals surface area contributed by atoms with Gasteiger partial charge >= 0.3 is 0 Å². The second-order valence-electron chi connectivity index (χ2n) is 5.33. The number of hydrogen-bond donors (Lipinski definition) is 2. The van der Waals surface area contributed by atoms with Crippen LogP contribution < -0.4 is 11.1 Å². The van der Waals surface area contributed by atoms with E-state index in [1.54, 1.807) is 6.20 Å². The third-order valence-electron chi connectivity index (χ3n) is 3.74. The number of anilines is 2. The molecule has 1 aromatic carbocycles. The third-order valence-corrected chi connectivity index (χ3v) is 3.74. The van der Waals surface area contributed by atoms with Crippen molar-refractivity contribution < 1.29 is 4.42 Å². The number of furan rings is 1. The molecule has 0 saturated carbocycles. The highest BCUT2D eigenvalue weighted by atomic mass is 16.3. The molecule has 0 fully saturated rings. The molecule has 4 nitrogen and oxygen atoms in total. The van der Waals surface area contributed by atoms with Crippen molar-refractivity contribution in [3.63, 3.8) is 0 Å². The second-order valence-corrected chi connectivity index (χ2v) is 5.33. The molecule has 0 radical (unpaired) electrons. The Labute approximate surface area is 124 Å². The molecule has 0 aliphatic heterocycles. The predicted molar refractivity (Wildman–Crippen MR) is 86.4 cm³/mol. The number of pyridine rings is 1. The van der Waals surface area contributed by atoms with Crippen molar-refractivity contribution in [3.8, 4) is 0 Å². The van der Waals surface area contributed by atoms with Crippen molar-refractivity contribution in [3.05, 3.63) is 53.6 Å². The van der Waals surface area contributed by atoms with Crippen molar-refractivity contribution in [2.24, 2.45) is 0 Å². The summed E-state index contributed by atoms with van der Waals surface area (Å²) in [5, 5.41) is 4.43. The minimum absolute atomic E-state index is 0.124. The van der Waals surface area contributed by atoms with Gasteiger partial charge in [-0.3, -0.25) is 4.98 Å². The molecule has 0 bridgehead atoms. The van der Waals surface area contributed by atoms with Gasteiger partial charge in [0.2, 0.25) is 0 Å². The Kier molecular flexibility index (Phi) is 3.29. The van der Waals surface area contributed by atoms with E-state index in [1.165, 1.54) is 0 Å². The molecule has 0 spiro atoms. The summed E-state index contributed by atoms with van der Waals surface area (Å²) in [5.74, 6) is 1.86. The number of nitrogens with zero attached hydrogens (tertiary/aromatic N) is 1. The minimum Gasteiger partial charge on any atom is -0.466 e. The fraction of sp³-hybridized carbons (Fsp3) is 0.235. The maximum atomic E-state index is 6.26. The minimum atomic E-state index is 0.124. The molecule has 3 rings (SSSR count). The third kappa shape index (κ3) is 2.44. The lowest BCUT2D eigenvalue weighted by Gasteiger charge is -2.17. The normalized spacial score (nSPS) is 12.5. The molecule has 3 N–H and O–H groups in total. The zero-order valence-electron chi connectivity index (χ0n) is 12.5. The van der Waals surface area contributed by atoms with Gasteiger partial charge in [0.1, 0.15) is 11.5 Å². The molecule has 2 heterocycles. The molecule has 2 aromatic heterocycles. The number of aromatic nitrogens is 1. The monoisotopic (exact) mass is 281 g/mol. The van der Waals surface area contributed by atoms with Gasteiger partial charge in [-0.05, 0) is 51.1 Å². The van der Waals surface area contributed by atoms with E-state index in [4.69, 9.17) is 10.2 Å². The first-order chi connectivity index (χ1) is 10.1. The van der Waals surface area contributed by atoms with Crippen LogP contribution in [0.25, 0.3) is 10.9 Å². The Balaban J connectivity index is 1.94. The molecular weight excluding hydrogens is 262 g/mol. The molecule has 3 aromatic rings. The van der Waals surface area contributed by atoms with Crippen LogP contribution in [0, 0.1) is 13.8 Å². The number of nitrogens with two attached hydrogens (primary N) is 1. The van der Waals surface area contributed by atoms with Gasteiger partial charge in [0, 0.05) is 17.1 Å². The number of benzene rings is 1. The van der Waals surface area contributed by atoms with E-state index in [0.29, 0.717) is 0 Å². The van der Waals surface area contributed by atoms with E-state index < -0.39 is 0 Å². The van der Waals surface area contributed by atoms with Crippen LogP contribution in [0.3, 0.4) is 0 Å². The van der Waals surface area contributed by atoms with E-state index >= 15 is 0 Å². The summed E-state index contributed by atoms with van der Waals surface area (Å²) in [6.45, 7) is 6.04. The van der Waals surface area contributed by atoms with Gasteiger partial charge < -0.3 is 15.5 Å². The number of rotatable bonds is 3. The fourth-order valence-corrected chi connectivity index (χ4v) is 2.69. The zero-order chi connectivity index (χ0) is 15.0. The maximum absolute atomic E-state index is 6.26.